The van der Waals surface area contributed by atoms with Gasteiger partial charge < -0.3 is 10.1 Å². The van der Waals surface area contributed by atoms with E-state index in [0.29, 0.717) is 0 Å². The molecule has 2 rings (SSSR count). The summed E-state index contributed by atoms with van der Waals surface area (Å²) in [5, 5.41) is 3.49. The molecule has 2 nitrogen and oxygen atoms in total. The summed E-state index contributed by atoms with van der Waals surface area (Å²) in [4.78, 5) is 2.44. The maximum absolute atomic E-state index is 5.44. The maximum atomic E-state index is 5.44. The van der Waals surface area contributed by atoms with E-state index in [-0.39, 0.29) is 0 Å². The van der Waals surface area contributed by atoms with Crippen molar-refractivity contribution in [1.82, 2.24) is 5.32 Å². The number of para-hydroxylation sites is 1. The molecule has 0 bridgehead atoms. The van der Waals surface area contributed by atoms with Gasteiger partial charge in [0.1, 0.15) is 5.75 Å². The summed E-state index contributed by atoms with van der Waals surface area (Å²) in [5.74, 6) is 0.926. The number of hydrogen-bond donors (Lipinski definition) is 1. The predicted octanol–water partition coefficient (Wildman–Crippen LogP) is 4.65. The molecule has 0 unspecified atom stereocenters. The van der Waals surface area contributed by atoms with Crippen LogP contribution in [0.2, 0.25) is 0 Å². The smallest absolute Gasteiger partial charge is 0.132 e. The summed E-state index contributed by atoms with van der Waals surface area (Å²) in [6.45, 7) is 6.29. The zero-order valence-corrected chi connectivity index (χ0v) is 13.8. The van der Waals surface area contributed by atoms with Gasteiger partial charge in [0.2, 0.25) is 0 Å². The Labute approximate surface area is 131 Å². The summed E-state index contributed by atoms with van der Waals surface area (Å²) < 4.78 is 5.44. The topological polar surface area (TPSA) is 21.3 Å². The fourth-order valence-corrected chi connectivity index (χ4v) is 3.20. The van der Waals surface area contributed by atoms with Crippen LogP contribution in [0, 0.1) is 6.92 Å². The lowest BCUT2D eigenvalue weighted by molar-refractivity contribution is 0.405. The molecule has 0 radical (unpaired) electrons. The lowest BCUT2D eigenvalue weighted by atomic mass is 10.1. The fourth-order valence-electron chi connectivity index (χ4n) is 2.17. The third-order valence-electron chi connectivity index (χ3n) is 3.25. The molecule has 0 spiro atoms. The van der Waals surface area contributed by atoms with Gasteiger partial charge in [0, 0.05) is 11.4 Å². The molecule has 0 aliphatic rings. The van der Waals surface area contributed by atoms with E-state index in [4.69, 9.17) is 4.74 Å². The summed E-state index contributed by atoms with van der Waals surface area (Å²) in [5.41, 5.74) is 2.65. The number of rotatable bonds is 7. The van der Waals surface area contributed by atoms with E-state index in [9.17, 15) is 0 Å². The number of hydrogen-bond acceptors (Lipinski definition) is 3. The Morgan fingerprint density at radius 1 is 1.10 bits per heavy atom. The average Bonchev–Trinajstić information content (AvgIpc) is 2.50. The Bertz CT molecular complexity index is 583. The minimum absolute atomic E-state index is 0.910. The van der Waals surface area contributed by atoms with Gasteiger partial charge in [0.15, 0.2) is 0 Å². The highest BCUT2D eigenvalue weighted by Gasteiger charge is 2.08. The Hall–Kier alpha value is -1.45. The van der Waals surface area contributed by atoms with Gasteiger partial charge in [-0.3, -0.25) is 0 Å². The summed E-state index contributed by atoms with van der Waals surface area (Å²) in [6, 6.07) is 14.8. The summed E-state index contributed by atoms with van der Waals surface area (Å²) >= 11 is 1.77. The van der Waals surface area contributed by atoms with Gasteiger partial charge in [-0.15, -0.1) is 0 Å². The van der Waals surface area contributed by atoms with Gasteiger partial charge in [-0.2, -0.15) is 0 Å². The van der Waals surface area contributed by atoms with Crippen molar-refractivity contribution < 1.29 is 4.74 Å². The molecule has 3 heteroatoms. The second-order valence-corrected chi connectivity index (χ2v) is 6.12. The Kier molecular flexibility index (Phi) is 6.15. The van der Waals surface area contributed by atoms with Crippen LogP contribution in [0.15, 0.2) is 52.3 Å². The van der Waals surface area contributed by atoms with Crippen LogP contribution < -0.4 is 10.1 Å². The highest BCUT2D eigenvalue weighted by molar-refractivity contribution is 7.99. The van der Waals surface area contributed by atoms with Crippen LogP contribution in [-0.4, -0.2) is 13.7 Å². The molecule has 21 heavy (non-hydrogen) atoms. The van der Waals surface area contributed by atoms with Crippen LogP contribution in [0.1, 0.15) is 24.5 Å². The SMILES string of the molecule is CCCNCc1cc(C)ccc1Sc1ccccc1OC. The van der Waals surface area contributed by atoms with E-state index in [1.54, 1.807) is 18.9 Å². The molecule has 0 saturated carbocycles. The van der Waals surface area contributed by atoms with Crippen molar-refractivity contribution >= 4 is 11.8 Å². The molecule has 2 aromatic rings. The normalized spacial score (nSPS) is 10.6. The van der Waals surface area contributed by atoms with Crippen molar-refractivity contribution in [3.05, 3.63) is 53.6 Å². The first-order valence-electron chi connectivity index (χ1n) is 7.35. The molecule has 0 saturated heterocycles. The van der Waals surface area contributed by atoms with E-state index >= 15 is 0 Å². The van der Waals surface area contributed by atoms with Crippen LogP contribution in [0.5, 0.6) is 5.75 Å². The molecule has 0 aromatic heterocycles. The molecule has 0 fully saturated rings. The molecule has 0 aliphatic heterocycles. The maximum Gasteiger partial charge on any atom is 0.132 e. The molecule has 0 atom stereocenters. The third-order valence-corrected chi connectivity index (χ3v) is 4.42. The number of methoxy groups -OCH3 is 1. The number of benzene rings is 2. The summed E-state index contributed by atoms with van der Waals surface area (Å²) in [7, 11) is 1.72. The van der Waals surface area contributed by atoms with Crippen molar-refractivity contribution in [2.45, 2.75) is 36.6 Å². The van der Waals surface area contributed by atoms with E-state index in [0.717, 1.165) is 30.2 Å². The average molecular weight is 301 g/mol. The minimum Gasteiger partial charge on any atom is -0.496 e. The van der Waals surface area contributed by atoms with Gasteiger partial charge >= 0.3 is 0 Å². The first-order valence-corrected chi connectivity index (χ1v) is 8.17. The van der Waals surface area contributed by atoms with Gasteiger partial charge in [0.05, 0.1) is 12.0 Å². The van der Waals surface area contributed by atoms with Gasteiger partial charge in [-0.25, -0.2) is 0 Å². The van der Waals surface area contributed by atoms with Crippen molar-refractivity contribution in [1.29, 1.82) is 0 Å². The Balaban J connectivity index is 2.22. The lowest BCUT2D eigenvalue weighted by Crippen LogP contribution is -2.14. The van der Waals surface area contributed by atoms with Gasteiger partial charge in [-0.1, -0.05) is 48.5 Å². The van der Waals surface area contributed by atoms with Crippen LogP contribution >= 0.6 is 11.8 Å². The number of ether oxygens (including phenoxy) is 1. The van der Waals surface area contributed by atoms with Crippen molar-refractivity contribution in [3.8, 4) is 5.75 Å². The predicted molar refractivity (Wildman–Crippen MR) is 90.3 cm³/mol. The van der Waals surface area contributed by atoms with E-state index < -0.39 is 0 Å². The third kappa shape index (κ3) is 4.51. The molecular weight excluding hydrogens is 278 g/mol. The van der Waals surface area contributed by atoms with Crippen LogP contribution in [0.3, 0.4) is 0 Å². The van der Waals surface area contributed by atoms with Crippen molar-refractivity contribution in [3.63, 3.8) is 0 Å². The highest BCUT2D eigenvalue weighted by Crippen LogP contribution is 2.36. The number of aryl methyl sites for hydroxylation is 1. The van der Waals surface area contributed by atoms with E-state index in [1.165, 1.54) is 16.0 Å². The van der Waals surface area contributed by atoms with Gasteiger partial charge in [-0.05, 0) is 43.7 Å². The largest absolute Gasteiger partial charge is 0.496 e. The minimum atomic E-state index is 0.910. The fraction of sp³-hybridized carbons (Fsp3) is 0.333. The quantitative estimate of drug-likeness (QED) is 0.752. The zero-order valence-electron chi connectivity index (χ0n) is 13.0. The molecule has 0 heterocycles. The standard InChI is InChI=1S/C18H23NOS/c1-4-11-19-13-15-12-14(2)9-10-17(15)21-18-8-6-5-7-16(18)20-3/h5-10,12,19H,4,11,13H2,1-3H3. The second kappa shape index (κ2) is 8.11. The van der Waals surface area contributed by atoms with Crippen molar-refractivity contribution in [2.24, 2.45) is 0 Å². The second-order valence-electron chi connectivity index (χ2n) is 5.04. The molecule has 2 aromatic carbocycles. The van der Waals surface area contributed by atoms with Gasteiger partial charge in [0.25, 0.3) is 0 Å². The monoisotopic (exact) mass is 301 g/mol. The van der Waals surface area contributed by atoms with Crippen molar-refractivity contribution in [2.75, 3.05) is 13.7 Å². The molecule has 0 aliphatic carbocycles. The molecule has 1 N–H and O–H groups in total. The highest BCUT2D eigenvalue weighted by atomic mass is 32.2. The van der Waals surface area contributed by atoms with Crippen LogP contribution in [0.4, 0.5) is 0 Å². The Morgan fingerprint density at radius 3 is 2.67 bits per heavy atom. The van der Waals surface area contributed by atoms with Crippen LogP contribution in [0.25, 0.3) is 0 Å². The number of nitrogens with one attached hydrogen (secondary N) is 1. The molecular formula is C18H23NOS. The first-order chi connectivity index (χ1) is 10.2. The molecule has 0 amide bonds. The summed E-state index contributed by atoms with van der Waals surface area (Å²) in [6.07, 6.45) is 1.15. The van der Waals surface area contributed by atoms with E-state index in [1.807, 2.05) is 18.2 Å². The lowest BCUT2D eigenvalue weighted by Gasteiger charge is -2.13. The molecule has 112 valence electrons. The first kappa shape index (κ1) is 15.9. The zero-order chi connectivity index (χ0) is 15.1. The Morgan fingerprint density at radius 2 is 1.90 bits per heavy atom. The van der Waals surface area contributed by atoms with E-state index in [2.05, 4.69) is 43.4 Å². The van der Waals surface area contributed by atoms with Crippen LogP contribution in [-0.2, 0) is 6.54 Å².